The maximum atomic E-state index is 13.4. The van der Waals surface area contributed by atoms with Gasteiger partial charge in [-0.15, -0.1) is 0 Å². The number of benzene rings is 1. The first kappa shape index (κ1) is 25.2. The molecule has 1 atom stereocenters. The van der Waals surface area contributed by atoms with E-state index in [1.54, 1.807) is 34.6 Å². The summed E-state index contributed by atoms with van der Waals surface area (Å²) in [6, 6.07) is 12.0. The largest absolute Gasteiger partial charge is 0.505 e. The molecule has 1 fully saturated rings. The summed E-state index contributed by atoms with van der Waals surface area (Å²) in [5.74, 6) is -0.984. The number of carbonyl (C=O) groups excluding carboxylic acids is 2. The zero-order valence-corrected chi connectivity index (χ0v) is 21.0. The van der Waals surface area contributed by atoms with Gasteiger partial charge in [-0.3, -0.25) is 14.0 Å². The number of aliphatic hydroxyl groups is 1. The van der Waals surface area contributed by atoms with Crippen LogP contribution in [-0.2, 0) is 9.59 Å². The molecule has 2 aromatic heterocycles. The van der Waals surface area contributed by atoms with Crippen molar-refractivity contribution < 1.29 is 19.4 Å². The topological polar surface area (TPSA) is 87.4 Å². The predicted octanol–water partition coefficient (Wildman–Crippen LogP) is 3.97. The minimum atomic E-state index is -0.762. The Morgan fingerprint density at radius 2 is 1.97 bits per heavy atom. The molecule has 0 spiro atoms. The van der Waals surface area contributed by atoms with Crippen LogP contribution in [0.3, 0.4) is 0 Å². The van der Waals surface area contributed by atoms with E-state index in [9.17, 15) is 14.7 Å². The molecule has 0 radical (unpaired) electrons. The number of ketones is 1. The zero-order chi connectivity index (χ0) is 25.8. The van der Waals surface area contributed by atoms with Crippen LogP contribution in [0, 0.1) is 6.92 Å². The average molecular weight is 489 g/mol. The minimum Gasteiger partial charge on any atom is -0.505 e. The Hall–Kier alpha value is -3.91. The molecule has 0 saturated carbocycles. The number of hydrogen-bond donors (Lipinski definition) is 1. The number of Topliss-reactive ketones (excluding diaryl/α,β-unsaturated/α-hetero) is 1. The Kier molecular flexibility index (Phi) is 7.55. The first-order chi connectivity index (χ1) is 17.4. The van der Waals surface area contributed by atoms with Gasteiger partial charge in [-0.05, 0) is 49.8 Å². The molecule has 8 heteroatoms. The number of hydrogen-bond acceptors (Lipinski definition) is 6. The van der Waals surface area contributed by atoms with Crippen molar-refractivity contribution in [3.8, 4) is 5.75 Å². The Balaban J connectivity index is 1.87. The summed E-state index contributed by atoms with van der Waals surface area (Å²) in [4.78, 5) is 35.0. The van der Waals surface area contributed by atoms with Gasteiger partial charge in [0.05, 0.1) is 17.3 Å². The Morgan fingerprint density at radius 3 is 2.69 bits per heavy atom. The lowest BCUT2D eigenvalue weighted by Crippen LogP contribution is -2.38. The number of aliphatic hydroxyl groups excluding tert-OH is 1. The average Bonchev–Trinajstić information content (AvgIpc) is 3.36. The number of carbonyl (C=O) groups is 2. The van der Waals surface area contributed by atoms with Crippen molar-refractivity contribution >= 4 is 23.1 Å². The summed E-state index contributed by atoms with van der Waals surface area (Å²) >= 11 is 0. The van der Waals surface area contributed by atoms with Crippen LogP contribution in [0.5, 0.6) is 5.75 Å². The van der Waals surface area contributed by atoms with Crippen LogP contribution in [-0.4, -0.2) is 68.8 Å². The van der Waals surface area contributed by atoms with E-state index in [1.165, 1.54) is 0 Å². The maximum absolute atomic E-state index is 13.4. The molecule has 36 heavy (non-hydrogen) atoms. The highest BCUT2D eigenvalue weighted by Gasteiger charge is 2.46. The molecule has 1 aliphatic rings. The molecule has 1 aliphatic heterocycles. The molecule has 0 aliphatic carbocycles. The summed E-state index contributed by atoms with van der Waals surface area (Å²) in [5.41, 5.74) is 2.34. The van der Waals surface area contributed by atoms with Crippen molar-refractivity contribution in [3.05, 3.63) is 83.8 Å². The van der Waals surface area contributed by atoms with E-state index >= 15 is 0 Å². The fourth-order valence-corrected chi connectivity index (χ4v) is 4.70. The molecule has 1 amide bonds. The van der Waals surface area contributed by atoms with Crippen LogP contribution in [0.25, 0.3) is 11.4 Å². The van der Waals surface area contributed by atoms with Crippen molar-refractivity contribution in [2.45, 2.75) is 26.8 Å². The number of likely N-dealkylation sites (tertiary alicyclic amines) is 1. The first-order valence-electron chi connectivity index (χ1n) is 12.2. The highest BCUT2D eigenvalue weighted by atomic mass is 16.5. The van der Waals surface area contributed by atoms with Gasteiger partial charge in [0.25, 0.3) is 11.7 Å². The van der Waals surface area contributed by atoms with Gasteiger partial charge in [-0.25, -0.2) is 4.98 Å². The molecule has 1 aromatic carbocycles. The van der Waals surface area contributed by atoms with Crippen LogP contribution in [0.15, 0.2) is 66.9 Å². The third kappa shape index (κ3) is 4.64. The lowest BCUT2D eigenvalue weighted by atomic mass is 9.96. The Bertz CT molecular complexity index is 1320. The van der Waals surface area contributed by atoms with E-state index in [0.717, 1.165) is 13.1 Å². The monoisotopic (exact) mass is 488 g/mol. The number of nitrogens with zero attached hydrogens (tertiary/aromatic N) is 4. The fraction of sp³-hybridized carbons (Fsp3) is 0.321. The second-order valence-corrected chi connectivity index (χ2v) is 8.67. The zero-order valence-electron chi connectivity index (χ0n) is 21.0. The molecule has 1 saturated heterocycles. The van der Waals surface area contributed by atoms with E-state index in [4.69, 9.17) is 4.74 Å². The third-order valence-corrected chi connectivity index (χ3v) is 6.56. The molecule has 4 rings (SSSR count). The molecule has 1 N–H and O–H groups in total. The van der Waals surface area contributed by atoms with E-state index in [2.05, 4.69) is 30.3 Å². The minimum absolute atomic E-state index is 0.0502. The maximum Gasteiger partial charge on any atom is 0.295 e. The number of imidazole rings is 1. The van der Waals surface area contributed by atoms with Crippen LogP contribution in [0.2, 0.25) is 0 Å². The van der Waals surface area contributed by atoms with Crippen molar-refractivity contribution in [2.75, 3.05) is 32.8 Å². The molecule has 3 aromatic rings. The molecule has 8 nitrogen and oxygen atoms in total. The van der Waals surface area contributed by atoms with Gasteiger partial charge >= 0.3 is 0 Å². The number of likely N-dealkylation sites (N-methyl/N-ethyl adjacent to an activating group) is 1. The summed E-state index contributed by atoms with van der Waals surface area (Å²) in [6.07, 6.45) is 3.43. The number of rotatable bonds is 10. The summed E-state index contributed by atoms with van der Waals surface area (Å²) in [7, 11) is 0. The van der Waals surface area contributed by atoms with E-state index < -0.39 is 17.7 Å². The van der Waals surface area contributed by atoms with Crippen molar-refractivity contribution in [1.29, 1.82) is 0 Å². The highest BCUT2D eigenvalue weighted by Crippen LogP contribution is 2.40. The summed E-state index contributed by atoms with van der Waals surface area (Å²) < 4.78 is 7.45. The molecular weight excluding hydrogens is 456 g/mol. The lowest BCUT2D eigenvalue weighted by molar-refractivity contribution is -0.140. The Morgan fingerprint density at radius 1 is 1.19 bits per heavy atom. The van der Waals surface area contributed by atoms with Gasteiger partial charge in [-0.1, -0.05) is 44.7 Å². The predicted molar refractivity (Wildman–Crippen MR) is 139 cm³/mol. The van der Waals surface area contributed by atoms with Crippen LogP contribution in [0.1, 0.15) is 36.8 Å². The van der Waals surface area contributed by atoms with Crippen LogP contribution >= 0.6 is 0 Å². The summed E-state index contributed by atoms with van der Waals surface area (Å²) in [5, 5.41) is 11.6. The normalized spacial score (nSPS) is 17.3. The second-order valence-electron chi connectivity index (χ2n) is 8.67. The van der Waals surface area contributed by atoms with Gasteiger partial charge in [0.2, 0.25) is 0 Å². The van der Waals surface area contributed by atoms with Crippen molar-refractivity contribution in [2.24, 2.45) is 0 Å². The van der Waals surface area contributed by atoms with Gasteiger partial charge in [0.15, 0.2) is 5.76 Å². The van der Waals surface area contributed by atoms with Gasteiger partial charge in [-0.2, -0.15) is 0 Å². The summed E-state index contributed by atoms with van der Waals surface area (Å²) in [6.45, 7) is 12.5. The Labute approximate surface area is 211 Å². The number of amides is 1. The number of aromatic nitrogens is 2. The molecule has 0 bridgehead atoms. The van der Waals surface area contributed by atoms with Crippen LogP contribution < -0.4 is 4.74 Å². The molecular formula is C28H32N4O4. The van der Waals surface area contributed by atoms with E-state index in [-0.39, 0.29) is 11.3 Å². The van der Waals surface area contributed by atoms with Crippen molar-refractivity contribution in [3.63, 3.8) is 0 Å². The SMILES string of the molecule is C=CCOc1cccc(C2/C(=C(\O)c3c(C)nc4ccccn34)C(=O)C(=O)N2CCN(CC)CC)c1. The molecule has 1 unspecified atom stereocenters. The fourth-order valence-electron chi connectivity index (χ4n) is 4.70. The third-order valence-electron chi connectivity index (χ3n) is 6.56. The molecule has 188 valence electrons. The lowest BCUT2D eigenvalue weighted by Gasteiger charge is -2.28. The van der Waals surface area contributed by atoms with E-state index in [1.807, 2.05) is 36.4 Å². The van der Waals surface area contributed by atoms with Crippen LogP contribution in [0.4, 0.5) is 0 Å². The molecule has 3 heterocycles. The number of pyridine rings is 1. The van der Waals surface area contributed by atoms with Gasteiger partial charge in [0, 0.05) is 19.3 Å². The first-order valence-corrected chi connectivity index (χ1v) is 12.2. The van der Waals surface area contributed by atoms with Gasteiger partial charge < -0.3 is 19.6 Å². The smallest absolute Gasteiger partial charge is 0.295 e. The number of fused-ring (bicyclic) bond motifs is 1. The van der Waals surface area contributed by atoms with E-state index in [0.29, 0.717) is 48.0 Å². The van der Waals surface area contributed by atoms with Gasteiger partial charge in [0.1, 0.15) is 23.7 Å². The highest BCUT2D eigenvalue weighted by molar-refractivity contribution is 6.46. The number of aryl methyl sites for hydroxylation is 1. The van der Waals surface area contributed by atoms with Crippen molar-refractivity contribution in [1.82, 2.24) is 19.2 Å². The quantitative estimate of drug-likeness (QED) is 0.201. The second kappa shape index (κ2) is 10.8. The number of ether oxygens (including phenoxy) is 1. The standard InChI is InChI=1S/C28H32N4O4/c1-5-17-36-21-12-10-11-20(18-21)25-23(27(34)28(35)32(25)16-15-30(6-2)7-3)26(33)24-19(4)29-22-13-8-9-14-31(22)24/h5,8-14,18,25,33H,1,6-7,15-17H2,2-4H3/b26-23+.